The molecule has 2 aromatic carbocycles. The van der Waals surface area contributed by atoms with E-state index in [0.29, 0.717) is 49.8 Å². The Morgan fingerprint density at radius 1 is 1.06 bits per heavy atom. The summed E-state index contributed by atoms with van der Waals surface area (Å²) in [4.78, 5) is 33.3. The van der Waals surface area contributed by atoms with Crippen molar-refractivity contribution in [3.63, 3.8) is 0 Å². The van der Waals surface area contributed by atoms with Crippen molar-refractivity contribution in [2.24, 2.45) is 0 Å². The number of hydrogen-bond donors (Lipinski definition) is 1. The highest BCUT2D eigenvalue weighted by molar-refractivity contribution is 6.01. The van der Waals surface area contributed by atoms with Crippen molar-refractivity contribution in [1.82, 2.24) is 15.2 Å². The molecular formula is C28H29N3O4. The van der Waals surface area contributed by atoms with E-state index in [2.05, 4.69) is 10.3 Å². The van der Waals surface area contributed by atoms with Gasteiger partial charge in [-0.15, -0.1) is 0 Å². The third-order valence-electron chi connectivity index (χ3n) is 6.66. The lowest BCUT2D eigenvalue weighted by Crippen LogP contribution is -2.50. The number of hydrogen-bond acceptors (Lipinski definition) is 5. The van der Waals surface area contributed by atoms with Crippen LogP contribution in [0.4, 0.5) is 0 Å². The minimum absolute atomic E-state index is 0.0422. The molecule has 7 heteroatoms. The highest BCUT2D eigenvalue weighted by Gasteiger charge is 2.46. The van der Waals surface area contributed by atoms with Crippen LogP contribution in [0.3, 0.4) is 0 Å². The zero-order valence-electron chi connectivity index (χ0n) is 20.0. The summed E-state index contributed by atoms with van der Waals surface area (Å²) < 4.78 is 11.7. The smallest absolute Gasteiger partial charge is 0.254 e. The Labute approximate surface area is 205 Å². The van der Waals surface area contributed by atoms with Gasteiger partial charge in [0, 0.05) is 31.0 Å². The molecule has 0 saturated heterocycles. The predicted octanol–water partition coefficient (Wildman–Crippen LogP) is 4.03. The number of carbonyl (C=O) groups is 2. The van der Waals surface area contributed by atoms with Crippen LogP contribution in [0, 0.1) is 0 Å². The van der Waals surface area contributed by atoms with Crippen LogP contribution in [0.15, 0.2) is 60.9 Å². The zero-order valence-corrected chi connectivity index (χ0v) is 20.0. The average Bonchev–Trinajstić information content (AvgIpc) is 2.89. The zero-order chi connectivity index (χ0) is 24.4. The fraction of sp³-hybridized carbons (Fsp3) is 0.321. The van der Waals surface area contributed by atoms with E-state index < -0.39 is 12.0 Å². The van der Waals surface area contributed by atoms with Crippen LogP contribution in [0.2, 0.25) is 0 Å². The Bertz CT molecular complexity index is 1240. The van der Waals surface area contributed by atoms with Crippen molar-refractivity contribution in [2.45, 2.75) is 38.8 Å². The summed E-state index contributed by atoms with van der Waals surface area (Å²) >= 11 is 0. The Morgan fingerprint density at radius 2 is 1.83 bits per heavy atom. The SMILES string of the molecule is CCOc1cc2c(cc1OCC)[C@@H]1[C@@H](C(=O)NCc3cccnc3)c3ccccc3C(=O)N1CC2. The Morgan fingerprint density at radius 3 is 2.57 bits per heavy atom. The molecule has 2 aliphatic rings. The van der Waals surface area contributed by atoms with Crippen molar-refractivity contribution in [2.75, 3.05) is 19.8 Å². The van der Waals surface area contributed by atoms with Crippen LogP contribution >= 0.6 is 0 Å². The lowest BCUT2D eigenvalue weighted by molar-refractivity contribution is -0.124. The van der Waals surface area contributed by atoms with Gasteiger partial charge < -0.3 is 19.7 Å². The second-order valence-electron chi connectivity index (χ2n) is 8.70. The number of aromatic nitrogens is 1. The summed E-state index contributed by atoms with van der Waals surface area (Å²) in [6.07, 6.45) is 4.14. The molecule has 7 nitrogen and oxygen atoms in total. The Balaban J connectivity index is 1.59. The monoisotopic (exact) mass is 471 g/mol. The maximum Gasteiger partial charge on any atom is 0.254 e. The molecule has 0 fully saturated rings. The molecule has 0 spiro atoms. The number of ether oxygens (including phenoxy) is 2. The van der Waals surface area contributed by atoms with Crippen molar-refractivity contribution in [3.05, 3.63) is 88.7 Å². The molecule has 35 heavy (non-hydrogen) atoms. The van der Waals surface area contributed by atoms with E-state index in [1.807, 2.05) is 67.3 Å². The topological polar surface area (TPSA) is 80.8 Å². The van der Waals surface area contributed by atoms with Gasteiger partial charge in [0.2, 0.25) is 5.91 Å². The second kappa shape index (κ2) is 9.78. The number of nitrogens with one attached hydrogen (secondary N) is 1. The van der Waals surface area contributed by atoms with Crippen molar-refractivity contribution in [1.29, 1.82) is 0 Å². The van der Waals surface area contributed by atoms with Gasteiger partial charge in [0.15, 0.2) is 11.5 Å². The average molecular weight is 472 g/mol. The van der Waals surface area contributed by atoms with Crippen LogP contribution in [-0.4, -0.2) is 41.5 Å². The molecule has 0 bridgehead atoms. The third kappa shape index (κ3) is 4.22. The molecule has 1 N–H and O–H groups in total. The molecular weight excluding hydrogens is 442 g/mol. The van der Waals surface area contributed by atoms with Crippen molar-refractivity contribution >= 4 is 11.8 Å². The van der Waals surface area contributed by atoms with Gasteiger partial charge in [-0.3, -0.25) is 14.6 Å². The molecule has 0 radical (unpaired) electrons. The van der Waals surface area contributed by atoms with Crippen LogP contribution in [0.5, 0.6) is 11.5 Å². The van der Waals surface area contributed by atoms with Crippen LogP contribution in [0.25, 0.3) is 0 Å². The molecule has 0 aliphatic carbocycles. The van der Waals surface area contributed by atoms with Gasteiger partial charge in [0.05, 0.1) is 25.2 Å². The van der Waals surface area contributed by atoms with Gasteiger partial charge in [-0.1, -0.05) is 24.3 Å². The number of nitrogens with zero attached hydrogens (tertiary/aromatic N) is 2. The number of benzene rings is 2. The van der Waals surface area contributed by atoms with Crippen LogP contribution < -0.4 is 14.8 Å². The summed E-state index contributed by atoms with van der Waals surface area (Å²) in [7, 11) is 0. The number of carbonyl (C=O) groups excluding carboxylic acids is 2. The molecule has 2 atom stereocenters. The van der Waals surface area contributed by atoms with Gasteiger partial charge >= 0.3 is 0 Å². The van der Waals surface area contributed by atoms with E-state index in [9.17, 15) is 9.59 Å². The van der Waals surface area contributed by atoms with E-state index in [4.69, 9.17) is 9.47 Å². The summed E-state index contributed by atoms with van der Waals surface area (Å²) in [5.41, 5.74) is 4.27. The first-order valence-electron chi connectivity index (χ1n) is 12.1. The number of amides is 2. The van der Waals surface area contributed by atoms with E-state index in [1.54, 1.807) is 12.4 Å². The quantitative estimate of drug-likeness (QED) is 0.563. The highest BCUT2D eigenvalue weighted by Crippen LogP contribution is 2.48. The van der Waals surface area contributed by atoms with Gasteiger partial charge in [0.1, 0.15) is 0 Å². The fourth-order valence-corrected chi connectivity index (χ4v) is 5.16. The van der Waals surface area contributed by atoms with E-state index >= 15 is 0 Å². The standard InChI is InChI=1S/C28H29N3O4/c1-3-34-23-14-19-11-13-31-26(22(19)15-24(23)35-4-2)25(20-9-5-6-10-21(20)28(31)33)27(32)30-17-18-8-7-12-29-16-18/h5-10,12,14-16,25-26H,3-4,11,13,17H2,1-2H3,(H,30,32)/t25-,26+/m0/s1. The maximum absolute atomic E-state index is 13.8. The van der Waals surface area contributed by atoms with Crippen LogP contribution in [-0.2, 0) is 17.8 Å². The van der Waals surface area contributed by atoms with Gasteiger partial charge in [-0.05, 0) is 66.8 Å². The minimum Gasteiger partial charge on any atom is -0.490 e. The maximum atomic E-state index is 13.8. The summed E-state index contributed by atoms with van der Waals surface area (Å²) in [5.74, 6) is 0.618. The van der Waals surface area contributed by atoms with Crippen molar-refractivity contribution in [3.8, 4) is 11.5 Å². The van der Waals surface area contributed by atoms with Crippen molar-refractivity contribution < 1.29 is 19.1 Å². The van der Waals surface area contributed by atoms with E-state index in [-0.39, 0.29) is 11.8 Å². The lowest BCUT2D eigenvalue weighted by atomic mass is 9.75. The molecule has 3 heterocycles. The summed E-state index contributed by atoms with van der Waals surface area (Å²) in [5, 5.41) is 3.09. The Kier molecular flexibility index (Phi) is 6.40. The van der Waals surface area contributed by atoms with E-state index in [0.717, 1.165) is 22.3 Å². The minimum atomic E-state index is -0.549. The Hall–Kier alpha value is -3.87. The van der Waals surface area contributed by atoms with Gasteiger partial charge in [0.25, 0.3) is 5.91 Å². The molecule has 5 rings (SSSR count). The normalized spacial score (nSPS) is 18.2. The second-order valence-corrected chi connectivity index (χ2v) is 8.70. The first-order chi connectivity index (χ1) is 17.1. The largest absolute Gasteiger partial charge is 0.490 e. The molecule has 0 saturated carbocycles. The predicted molar refractivity (Wildman–Crippen MR) is 132 cm³/mol. The molecule has 3 aromatic rings. The fourth-order valence-electron chi connectivity index (χ4n) is 5.16. The third-order valence-corrected chi connectivity index (χ3v) is 6.66. The summed E-state index contributed by atoms with van der Waals surface area (Å²) in [6.45, 7) is 5.79. The first kappa shape index (κ1) is 22.9. The van der Waals surface area contributed by atoms with Gasteiger partial charge in [-0.25, -0.2) is 0 Å². The first-order valence-corrected chi connectivity index (χ1v) is 12.1. The molecule has 2 amide bonds. The number of pyridine rings is 1. The lowest BCUT2D eigenvalue weighted by Gasteiger charge is -2.45. The molecule has 0 unspecified atom stereocenters. The highest BCUT2D eigenvalue weighted by atomic mass is 16.5. The summed E-state index contributed by atoms with van der Waals surface area (Å²) in [6, 6.07) is 14.8. The van der Waals surface area contributed by atoms with Gasteiger partial charge in [-0.2, -0.15) is 0 Å². The molecule has 180 valence electrons. The van der Waals surface area contributed by atoms with E-state index in [1.165, 1.54) is 0 Å². The number of fused-ring (bicyclic) bond motifs is 4. The molecule has 1 aromatic heterocycles. The molecule has 2 aliphatic heterocycles. The number of rotatable bonds is 7. The van der Waals surface area contributed by atoms with Crippen LogP contribution in [0.1, 0.15) is 58.4 Å².